The number of nitrogens with zero attached hydrogens (tertiary/aromatic N) is 4. The number of aromatic nitrogens is 3. The van der Waals surface area contributed by atoms with Gasteiger partial charge < -0.3 is 0 Å². The Kier molecular flexibility index (Phi) is 3.39. The van der Waals surface area contributed by atoms with E-state index in [2.05, 4.69) is 39.3 Å². The van der Waals surface area contributed by atoms with Crippen LogP contribution in [0.4, 0.5) is 5.82 Å². The van der Waals surface area contributed by atoms with Gasteiger partial charge in [-0.25, -0.2) is 9.97 Å². The molecule has 20 heavy (non-hydrogen) atoms. The zero-order chi connectivity index (χ0) is 13.9. The third-order valence-corrected chi connectivity index (χ3v) is 4.15. The molecular weight excluding hydrogens is 270 g/mol. The standard InChI is InChI=1S/C14H13N5S/c1-9-10(2)20-14-12(9)13(16-8-17-14)19-18-7-11-4-3-5-15-6-11/h3-8H,1-2H3,(H,16,17,19). The summed E-state index contributed by atoms with van der Waals surface area (Å²) in [4.78, 5) is 14.8. The summed E-state index contributed by atoms with van der Waals surface area (Å²) in [5.74, 6) is 0.733. The molecule has 3 rings (SSSR count). The maximum Gasteiger partial charge on any atom is 0.158 e. The Labute approximate surface area is 120 Å². The Bertz CT molecular complexity index is 764. The summed E-state index contributed by atoms with van der Waals surface area (Å²) in [5, 5.41) is 5.25. The van der Waals surface area contributed by atoms with Crippen molar-refractivity contribution in [3.63, 3.8) is 0 Å². The van der Waals surface area contributed by atoms with E-state index in [1.807, 2.05) is 12.1 Å². The van der Waals surface area contributed by atoms with Gasteiger partial charge in [-0.3, -0.25) is 10.4 Å². The molecule has 3 aromatic heterocycles. The molecule has 0 aliphatic heterocycles. The summed E-state index contributed by atoms with van der Waals surface area (Å²) in [6.07, 6.45) is 6.76. The van der Waals surface area contributed by atoms with E-state index in [0.717, 1.165) is 21.6 Å². The second-order valence-corrected chi connectivity index (χ2v) is 5.55. The van der Waals surface area contributed by atoms with Crippen molar-refractivity contribution in [3.8, 4) is 0 Å². The van der Waals surface area contributed by atoms with Crippen LogP contribution in [0.15, 0.2) is 36.0 Å². The first kappa shape index (κ1) is 12.7. The zero-order valence-corrected chi connectivity index (χ0v) is 12.0. The molecule has 0 bridgehead atoms. The molecule has 3 heterocycles. The van der Waals surface area contributed by atoms with E-state index < -0.39 is 0 Å². The molecule has 5 nitrogen and oxygen atoms in total. The summed E-state index contributed by atoms with van der Waals surface area (Å²) in [7, 11) is 0. The molecule has 0 spiro atoms. The molecule has 0 atom stereocenters. The van der Waals surface area contributed by atoms with Crippen LogP contribution in [0, 0.1) is 13.8 Å². The van der Waals surface area contributed by atoms with Gasteiger partial charge in [0.05, 0.1) is 11.6 Å². The number of hydrogen-bond donors (Lipinski definition) is 1. The number of hydrogen-bond acceptors (Lipinski definition) is 6. The number of rotatable bonds is 3. The maximum absolute atomic E-state index is 4.30. The summed E-state index contributed by atoms with van der Waals surface area (Å²) in [6.45, 7) is 4.16. The van der Waals surface area contributed by atoms with E-state index in [0.29, 0.717) is 0 Å². The second-order valence-electron chi connectivity index (χ2n) is 4.34. The molecule has 0 unspecified atom stereocenters. The molecule has 0 aromatic carbocycles. The quantitative estimate of drug-likeness (QED) is 0.592. The molecule has 3 aromatic rings. The molecule has 0 aliphatic rings. The first-order valence-corrected chi connectivity index (χ1v) is 6.97. The van der Waals surface area contributed by atoms with E-state index >= 15 is 0 Å². The number of fused-ring (bicyclic) bond motifs is 1. The Balaban J connectivity index is 1.90. The van der Waals surface area contributed by atoms with Crippen molar-refractivity contribution in [2.75, 3.05) is 5.43 Å². The molecule has 6 heteroatoms. The number of nitrogens with one attached hydrogen (secondary N) is 1. The predicted octanol–water partition coefficient (Wildman–Crippen LogP) is 3.15. The van der Waals surface area contributed by atoms with Gasteiger partial charge in [0.1, 0.15) is 11.2 Å². The van der Waals surface area contributed by atoms with Gasteiger partial charge in [0.25, 0.3) is 0 Å². The normalized spacial score (nSPS) is 11.3. The number of thiophene rings is 1. The van der Waals surface area contributed by atoms with Crippen LogP contribution >= 0.6 is 11.3 Å². The molecule has 0 saturated heterocycles. The number of aryl methyl sites for hydroxylation is 2. The van der Waals surface area contributed by atoms with Crippen LogP contribution < -0.4 is 5.43 Å². The zero-order valence-electron chi connectivity index (χ0n) is 11.2. The van der Waals surface area contributed by atoms with Gasteiger partial charge in [-0.05, 0) is 25.5 Å². The van der Waals surface area contributed by atoms with Gasteiger partial charge in [-0.2, -0.15) is 5.10 Å². The minimum Gasteiger partial charge on any atom is -0.264 e. The second kappa shape index (κ2) is 5.34. The van der Waals surface area contributed by atoms with Crippen LogP contribution in [0.1, 0.15) is 16.0 Å². The van der Waals surface area contributed by atoms with Gasteiger partial charge in [-0.1, -0.05) is 6.07 Å². The SMILES string of the molecule is Cc1sc2ncnc(NN=Cc3cccnc3)c2c1C. The van der Waals surface area contributed by atoms with Crippen LogP contribution in [0.5, 0.6) is 0 Å². The van der Waals surface area contributed by atoms with Crippen molar-refractivity contribution in [2.24, 2.45) is 5.10 Å². The average molecular weight is 283 g/mol. The first-order valence-electron chi connectivity index (χ1n) is 6.15. The van der Waals surface area contributed by atoms with Crippen LogP contribution in [-0.2, 0) is 0 Å². The van der Waals surface area contributed by atoms with Gasteiger partial charge in [0.2, 0.25) is 0 Å². The van der Waals surface area contributed by atoms with Crippen molar-refractivity contribution in [3.05, 3.63) is 46.9 Å². The number of hydrazone groups is 1. The highest BCUT2D eigenvalue weighted by molar-refractivity contribution is 7.18. The van der Waals surface area contributed by atoms with E-state index in [1.54, 1.807) is 36.3 Å². The van der Waals surface area contributed by atoms with E-state index in [9.17, 15) is 0 Å². The highest BCUT2D eigenvalue weighted by Crippen LogP contribution is 2.32. The minimum atomic E-state index is 0.733. The van der Waals surface area contributed by atoms with Crippen molar-refractivity contribution >= 4 is 33.6 Å². The Morgan fingerprint density at radius 2 is 2.20 bits per heavy atom. The largest absolute Gasteiger partial charge is 0.264 e. The summed E-state index contributed by atoms with van der Waals surface area (Å²) < 4.78 is 0. The summed E-state index contributed by atoms with van der Waals surface area (Å²) in [5.41, 5.74) is 5.12. The predicted molar refractivity (Wildman–Crippen MR) is 82.3 cm³/mol. The van der Waals surface area contributed by atoms with E-state index in [1.165, 1.54) is 10.4 Å². The van der Waals surface area contributed by atoms with Gasteiger partial charge in [0.15, 0.2) is 5.82 Å². The molecule has 0 amide bonds. The number of pyridine rings is 1. The minimum absolute atomic E-state index is 0.733. The molecule has 1 N–H and O–H groups in total. The maximum atomic E-state index is 4.30. The fraction of sp³-hybridized carbons (Fsp3) is 0.143. The topological polar surface area (TPSA) is 63.1 Å². The molecule has 100 valence electrons. The third kappa shape index (κ3) is 2.37. The summed E-state index contributed by atoms with van der Waals surface area (Å²) in [6, 6.07) is 3.81. The highest BCUT2D eigenvalue weighted by Gasteiger charge is 2.10. The Morgan fingerprint density at radius 3 is 3.00 bits per heavy atom. The fourth-order valence-electron chi connectivity index (χ4n) is 1.89. The van der Waals surface area contributed by atoms with Gasteiger partial charge >= 0.3 is 0 Å². The summed E-state index contributed by atoms with van der Waals surface area (Å²) >= 11 is 1.67. The van der Waals surface area contributed by atoms with Crippen LogP contribution in [0.3, 0.4) is 0 Å². The monoisotopic (exact) mass is 283 g/mol. The van der Waals surface area contributed by atoms with Crippen LogP contribution in [0.2, 0.25) is 0 Å². The third-order valence-electron chi connectivity index (χ3n) is 3.03. The lowest BCUT2D eigenvalue weighted by molar-refractivity contribution is 1.19. The van der Waals surface area contributed by atoms with E-state index in [4.69, 9.17) is 0 Å². The Morgan fingerprint density at radius 1 is 1.30 bits per heavy atom. The lowest BCUT2D eigenvalue weighted by atomic mass is 10.2. The van der Waals surface area contributed by atoms with Gasteiger partial charge in [-0.15, -0.1) is 11.3 Å². The fourth-order valence-corrected chi connectivity index (χ4v) is 2.88. The van der Waals surface area contributed by atoms with Crippen LogP contribution in [0.25, 0.3) is 10.2 Å². The molecule has 0 saturated carbocycles. The molecule has 0 fully saturated rings. The number of anilines is 1. The molecular formula is C14H13N5S. The molecule has 0 radical (unpaired) electrons. The van der Waals surface area contributed by atoms with Crippen LogP contribution in [-0.4, -0.2) is 21.2 Å². The smallest absolute Gasteiger partial charge is 0.158 e. The lowest BCUT2D eigenvalue weighted by Gasteiger charge is -2.01. The van der Waals surface area contributed by atoms with E-state index in [-0.39, 0.29) is 0 Å². The Hall–Kier alpha value is -2.34. The molecule has 0 aliphatic carbocycles. The first-order chi connectivity index (χ1) is 9.75. The van der Waals surface area contributed by atoms with Crippen molar-refractivity contribution in [1.29, 1.82) is 0 Å². The van der Waals surface area contributed by atoms with Gasteiger partial charge in [0, 0.05) is 22.8 Å². The van der Waals surface area contributed by atoms with Crippen molar-refractivity contribution in [1.82, 2.24) is 15.0 Å². The van der Waals surface area contributed by atoms with Crippen molar-refractivity contribution < 1.29 is 0 Å². The average Bonchev–Trinajstić information content (AvgIpc) is 2.76. The highest BCUT2D eigenvalue weighted by atomic mass is 32.1. The van der Waals surface area contributed by atoms with Crippen molar-refractivity contribution in [2.45, 2.75) is 13.8 Å². The lowest BCUT2D eigenvalue weighted by Crippen LogP contribution is -1.95.